The molecule has 2 N–H and O–H groups in total. The Bertz CT molecular complexity index is 1330. The minimum atomic E-state index is -0.318. The summed E-state index contributed by atoms with van der Waals surface area (Å²) in [6, 6.07) is 26.6. The Labute approximate surface area is 179 Å². The summed E-state index contributed by atoms with van der Waals surface area (Å²) in [6.45, 7) is 0.407. The number of anilines is 2. The van der Waals surface area contributed by atoms with Gasteiger partial charge in [0, 0.05) is 22.7 Å². The molecule has 0 aliphatic rings. The number of para-hydroxylation sites is 1. The molecule has 0 fully saturated rings. The Balaban J connectivity index is 1.55. The van der Waals surface area contributed by atoms with Gasteiger partial charge in [-0.1, -0.05) is 54.6 Å². The van der Waals surface area contributed by atoms with Crippen LogP contribution < -0.4 is 10.1 Å². The van der Waals surface area contributed by atoms with Crippen LogP contribution >= 0.6 is 0 Å². The zero-order valence-corrected chi connectivity index (χ0v) is 16.7. The lowest BCUT2D eigenvalue weighted by atomic mass is 10.0. The fraction of sp³-hybridized carbons (Fsp3) is 0.0385. The second-order valence-electron chi connectivity index (χ2n) is 7.20. The molecule has 0 bridgehead atoms. The number of aromatic nitrogens is 2. The molecule has 0 atom stereocenters. The molecule has 152 valence electrons. The molecule has 0 unspecified atom stereocenters. The predicted molar refractivity (Wildman–Crippen MR) is 122 cm³/mol. The maximum absolute atomic E-state index is 14.1. The number of nitrogens with zero attached hydrogens (tertiary/aromatic N) is 1. The lowest BCUT2D eigenvalue weighted by Crippen LogP contribution is -2.01. The summed E-state index contributed by atoms with van der Waals surface area (Å²) in [4.78, 5) is 7.81. The van der Waals surface area contributed by atoms with E-state index >= 15 is 0 Å². The van der Waals surface area contributed by atoms with E-state index in [1.165, 1.54) is 6.07 Å². The van der Waals surface area contributed by atoms with E-state index in [4.69, 9.17) is 4.74 Å². The molecule has 0 amide bonds. The van der Waals surface area contributed by atoms with Crippen molar-refractivity contribution in [2.75, 3.05) is 5.32 Å². The zero-order valence-electron chi connectivity index (χ0n) is 16.7. The number of H-pyrrole nitrogens is 1. The van der Waals surface area contributed by atoms with Gasteiger partial charge >= 0.3 is 0 Å². The molecule has 5 rings (SSSR count). The molecule has 4 nitrogen and oxygen atoms in total. The Morgan fingerprint density at radius 3 is 2.58 bits per heavy atom. The third-order valence-electron chi connectivity index (χ3n) is 5.11. The number of aromatic amines is 1. The van der Waals surface area contributed by atoms with E-state index in [9.17, 15) is 4.39 Å². The molecule has 0 spiro atoms. The Hall–Kier alpha value is -4.12. The minimum Gasteiger partial charge on any atom is -0.472 e. The van der Waals surface area contributed by atoms with Crippen molar-refractivity contribution in [3.63, 3.8) is 0 Å². The second kappa shape index (κ2) is 8.32. The summed E-state index contributed by atoms with van der Waals surface area (Å²) in [7, 11) is 0. The lowest BCUT2D eigenvalue weighted by Gasteiger charge is -2.14. The fourth-order valence-electron chi connectivity index (χ4n) is 3.59. The van der Waals surface area contributed by atoms with Crippen LogP contribution in [0.5, 0.6) is 5.88 Å². The quantitative estimate of drug-likeness (QED) is 0.328. The Morgan fingerprint density at radius 1 is 0.871 bits per heavy atom. The van der Waals surface area contributed by atoms with Crippen LogP contribution in [0.2, 0.25) is 0 Å². The van der Waals surface area contributed by atoms with Crippen LogP contribution in [0.3, 0.4) is 0 Å². The van der Waals surface area contributed by atoms with E-state index < -0.39 is 0 Å². The Morgan fingerprint density at radius 2 is 1.71 bits per heavy atom. The van der Waals surface area contributed by atoms with Crippen LogP contribution in [0.4, 0.5) is 15.8 Å². The molecule has 0 aliphatic heterocycles. The summed E-state index contributed by atoms with van der Waals surface area (Å²) >= 11 is 0. The van der Waals surface area contributed by atoms with Gasteiger partial charge < -0.3 is 15.0 Å². The van der Waals surface area contributed by atoms with Crippen LogP contribution in [0.25, 0.3) is 22.0 Å². The van der Waals surface area contributed by atoms with Gasteiger partial charge in [0.05, 0.1) is 17.6 Å². The van der Waals surface area contributed by atoms with Crippen LogP contribution in [-0.2, 0) is 6.61 Å². The van der Waals surface area contributed by atoms with E-state index in [0.717, 1.165) is 27.6 Å². The Kier molecular flexibility index (Phi) is 5.07. The molecule has 5 aromatic rings. The molecule has 0 aliphatic carbocycles. The second-order valence-corrected chi connectivity index (χ2v) is 7.20. The van der Waals surface area contributed by atoms with Crippen LogP contribution in [0.15, 0.2) is 97.3 Å². The first-order valence-corrected chi connectivity index (χ1v) is 10.0. The van der Waals surface area contributed by atoms with Crippen LogP contribution in [0.1, 0.15) is 5.56 Å². The van der Waals surface area contributed by atoms with E-state index in [-0.39, 0.29) is 5.82 Å². The largest absolute Gasteiger partial charge is 0.472 e. The molecule has 2 aromatic heterocycles. The first kappa shape index (κ1) is 18.9. The van der Waals surface area contributed by atoms with Gasteiger partial charge in [-0.05, 0) is 41.5 Å². The summed E-state index contributed by atoms with van der Waals surface area (Å²) in [5.41, 5.74) is 4.99. The maximum Gasteiger partial charge on any atom is 0.221 e. The number of halogens is 1. The zero-order chi connectivity index (χ0) is 21.0. The van der Waals surface area contributed by atoms with E-state index in [0.29, 0.717) is 23.9 Å². The van der Waals surface area contributed by atoms with Crippen molar-refractivity contribution < 1.29 is 9.13 Å². The summed E-state index contributed by atoms with van der Waals surface area (Å²) in [6.07, 6.45) is 3.57. The van der Waals surface area contributed by atoms with Gasteiger partial charge in [-0.2, -0.15) is 0 Å². The van der Waals surface area contributed by atoms with Gasteiger partial charge in [0.15, 0.2) is 0 Å². The highest BCUT2D eigenvalue weighted by Crippen LogP contribution is 2.36. The van der Waals surface area contributed by atoms with Gasteiger partial charge in [0.25, 0.3) is 0 Å². The van der Waals surface area contributed by atoms with E-state index in [2.05, 4.69) is 15.3 Å². The third-order valence-corrected chi connectivity index (χ3v) is 5.11. The van der Waals surface area contributed by atoms with Gasteiger partial charge in [-0.15, -0.1) is 0 Å². The van der Waals surface area contributed by atoms with Crippen molar-refractivity contribution in [1.29, 1.82) is 0 Å². The number of hydrogen-bond donors (Lipinski definition) is 2. The van der Waals surface area contributed by atoms with Crippen molar-refractivity contribution in [3.8, 4) is 17.0 Å². The number of pyridine rings is 1. The molecule has 31 heavy (non-hydrogen) atoms. The summed E-state index contributed by atoms with van der Waals surface area (Å²) < 4.78 is 20.3. The summed E-state index contributed by atoms with van der Waals surface area (Å²) in [5, 5.41) is 4.19. The standard InChI is InChI=1S/C26H20FN3O/c27-23-10-4-5-11-25(23)30-19-15-22(20-9-6-12-24-21(20)13-14-28-24)26(29-16-19)31-17-18-7-2-1-3-8-18/h1-16,28,30H,17H2. The highest BCUT2D eigenvalue weighted by Gasteiger charge is 2.14. The minimum absolute atomic E-state index is 0.318. The normalized spacial score (nSPS) is 10.9. The van der Waals surface area contributed by atoms with Crippen LogP contribution in [0, 0.1) is 5.82 Å². The maximum atomic E-state index is 14.1. The van der Waals surface area contributed by atoms with Gasteiger partial charge in [0.1, 0.15) is 12.4 Å². The van der Waals surface area contributed by atoms with Crippen LogP contribution in [-0.4, -0.2) is 9.97 Å². The number of benzene rings is 3. The average Bonchev–Trinajstić information content (AvgIpc) is 3.29. The monoisotopic (exact) mass is 409 g/mol. The lowest BCUT2D eigenvalue weighted by molar-refractivity contribution is 0.295. The predicted octanol–water partition coefficient (Wildman–Crippen LogP) is 6.69. The number of rotatable bonds is 6. The third kappa shape index (κ3) is 3.98. The van der Waals surface area contributed by atoms with Crippen molar-refractivity contribution >= 4 is 22.3 Å². The number of ether oxygens (including phenoxy) is 1. The first-order chi connectivity index (χ1) is 15.3. The fourth-order valence-corrected chi connectivity index (χ4v) is 3.59. The topological polar surface area (TPSA) is 49.9 Å². The van der Waals surface area contributed by atoms with E-state index in [1.807, 2.05) is 66.9 Å². The van der Waals surface area contributed by atoms with Crippen molar-refractivity contribution in [2.24, 2.45) is 0 Å². The van der Waals surface area contributed by atoms with Crippen molar-refractivity contribution in [2.45, 2.75) is 6.61 Å². The van der Waals surface area contributed by atoms with E-state index in [1.54, 1.807) is 24.4 Å². The molecule has 5 heteroatoms. The molecular formula is C26H20FN3O. The SMILES string of the molecule is Fc1ccccc1Nc1cnc(OCc2ccccc2)c(-c2cccc3[nH]ccc23)c1. The molecule has 0 radical (unpaired) electrons. The van der Waals surface area contributed by atoms with Gasteiger partial charge in [-0.3, -0.25) is 0 Å². The molecule has 0 saturated carbocycles. The first-order valence-electron chi connectivity index (χ1n) is 10.0. The molecule has 2 heterocycles. The smallest absolute Gasteiger partial charge is 0.221 e. The van der Waals surface area contributed by atoms with Crippen molar-refractivity contribution in [3.05, 3.63) is 109 Å². The summed E-state index contributed by atoms with van der Waals surface area (Å²) in [5.74, 6) is 0.206. The average molecular weight is 409 g/mol. The molecule has 0 saturated heterocycles. The number of nitrogens with one attached hydrogen (secondary N) is 2. The number of fused-ring (bicyclic) bond motifs is 1. The molecular weight excluding hydrogens is 389 g/mol. The van der Waals surface area contributed by atoms with Gasteiger partial charge in [0.2, 0.25) is 5.88 Å². The highest BCUT2D eigenvalue weighted by atomic mass is 19.1. The van der Waals surface area contributed by atoms with Gasteiger partial charge in [-0.25, -0.2) is 9.37 Å². The number of hydrogen-bond acceptors (Lipinski definition) is 3. The van der Waals surface area contributed by atoms with Crippen molar-refractivity contribution in [1.82, 2.24) is 9.97 Å². The highest BCUT2D eigenvalue weighted by molar-refractivity contribution is 5.96. The molecule has 3 aromatic carbocycles.